The van der Waals surface area contributed by atoms with Crippen molar-refractivity contribution in [2.75, 3.05) is 13.1 Å². The van der Waals surface area contributed by atoms with E-state index in [1.165, 1.54) is 0 Å². The van der Waals surface area contributed by atoms with Crippen LogP contribution in [0.4, 0.5) is 0 Å². The minimum Gasteiger partial charge on any atom is -0.352 e. The number of hydrogen-bond acceptors (Lipinski definition) is 5. The van der Waals surface area contributed by atoms with Gasteiger partial charge in [0.05, 0.1) is 35.3 Å². The van der Waals surface area contributed by atoms with Crippen LogP contribution in [-0.2, 0) is 4.79 Å². The number of fused-ring (bicyclic) bond motifs is 3. The fourth-order valence-corrected chi connectivity index (χ4v) is 6.24. The van der Waals surface area contributed by atoms with Crippen LogP contribution in [0.3, 0.4) is 0 Å². The largest absolute Gasteiger partial charge is 0.352 e. The van der Waals surface area contributed by atoms with Crippen LogP contribution in [0.2, 0.25) is 0 Å². The minimum absolute atomic E-state index is 0.0172. The summed E-state index contributed by atoms with van der Waals surface area (Å²) in [4.78, 5) is 52.0. The van der Waals surface area contributed by atoms with E-state index < -0.39 is 11.3 Å². The third-order valence-electron chi connectivity index (χ3n) is 8.68. The van der Waals surface area contributed by atoms with Gasteiger partial charge in [-0.2, -0.15) is 5.26 Å². The summed E-state index contributed by atoms with van der Waals surface area (Å²) in [7, 11) is 0. The van der Waals surface area contributed by atoms with Gasteiger partial charge in [-0.15, -0.1) is 0 Å². The van der Waals surface area contributed by atoms with Crippen molar-refractivity contribution in [3.05, 3.63) is 89.9 Å². The maximum Gasteiger partial charge on any atom is 0.272 e. The molecule has 212 valence electrons. The number of rotatable bonds is 6. The van der Waals surface area contributed by atoms with Crippen molar-refractivity contribution in [2.24, 2.45) is 11.3 Å². The Labute approximate surface area is 245 Å². The van der Waals surface area contributed by atoms with E-state index in [1.54, 1.807) is 24.4 Å². The number of Topliss-reactive ketones (excluding diaryl/α,β-unsaturated/α-hetero) is 1. The van der Waals surface area contributed by atoms with Crippen LogP contribution >= 0.6 is 0 Å². The normalized spacial score (nSPS) is 18.7. The highest BCUT2D eigenvalue weighted by molar-refractivity contribution is 6.01. The van der Waals surface area contributed by atoms with E-state index in [9.17, 15) is 14.4 Å². The molecule has 4 aromatic rings. The lowest BCUT2D eigenvalue weighted by Gasteiger charge is -2.39. The predicted octanol–water partition coefficient (Wildman–Crippen LogP) is 5.46. The molecule has 6 rings (SSSR count). The standard InChI is InChI=1S/C34H33N5O3/c1-34(2,3)27(16-31(40)30-14-23-6-4-5-7-28(23)37-30)32(41)38-19-26-15-25(38)20-39(26)33(42)29-13-12-24(18-36-29)22-10-8-21(17-35)9-11-22/h4-14,18,25-27,37H,15-16,19-20H2,1-3H3/t25-,26-,27+/m0/s1. The van der Waals surface area contributed by atoms with E-state index in [1.807, 2.05) is 79.1 Å². The first-order valence-electron chi connectivity index (χ1n) is 14.3. The molecule has 42 heavy (non-hydrogen) atoms. The summed E-state index contributed by atoms with van der Waals surface area (Å²) in [6, 6.07) is 22.4. The maximum atomic E-state index is 13.9. The second-order valence-corrected chi connectivity index (χ2v) is 12.4. The first-order valence-corrected chi connectivity index (χ1v) is 14.3. The van der Waals surface area contributed by atoms with E-state index in [-0.39, 0.29) is 36.1 Å². The first-order chi connectivity index (χ1) is 20.1. The summed E-state index contributed by atoms with van der Waals surface area (Å²) in [5, 5.41) is 9.99. The van der Waals surface area contributed by atoms with Crippen molar-refractivity contribution in [2.45, 2.75) is 45.7 Å². The lowest BCUT2D eigenvalue weighted by molar-refractivity contribution is -0.141. The van der Waals surface area contributed by atoms with E-state index >= 15 is 0 Å². The molecule has 8 heteroatoms. The Morgan fingerprint density at radius 2 is 1.67 bits per heavy atom. The number of piperazine rings is 1. The Bertz CT molecular complexity index is 1680. The van der Waals surface area contributed by atoms with Gasteiger partial charge in [0.25, 0.3) is 5.91 Å². The van der Waals surface area contributed by atoms with Crippen LogP contribution in [0, 0.1) is 22.7 Å². The topological polar surface area (TPSA) is 110 Å². The van der Waals surface area contributed by atoms with Crippen LogP contribution < -0.4 is 0 Å². The van der Waals surface area contributed by atoms with Crippen molar-refractivity contribution >= 4 is 28.5 Å². The van der Waals surface area contributed by atoms with Gasteiger partial charge in [-0.25, -0.2) is 0 Å². The van der Waals surface area contributed by atoms with Gasteiger partial charge in [0.15, 0.2) is 5.78 Å². The molecule has 0 radical (unpaired) electrons. The van der Waals surface area contributed by atoms with Gasteiger partial charge in [-0.3, -0.25) is 19.4 Å². The molecule has 2 aliphatic heterocycles. The number of para-hydroxylation sites is 1. The zero-order valence-electron chi connectivity index (χ0n) is 24.0. The highest BCUT2D eigenvalue weighted by Crippen LogP contribution is 2.38. The summed E-state index contributed by atoms with van der Waals surface area (Å²) in [6.45, 7) is 6.94. The van der Waals surface area contributed by atoms with Crippen molar-refractivity contribution in [3.63, 3.8) is 0 Å². The highest BCUT2D eigenvalue weighted by atomic mass is 16.2. The van der Waals surface area contributed by atoms with Crippen LogP contribution in [0.1, 0.15) is 60.2 Å². The van der Waals surface area contributed by atoms with E-state index in [0.29, 0.717) is 30.0 Å². The highest BCUT2D eigenvalue weighted by Gasteiger charge is 2.50. The van der Waals surface area contributed by atoms with Crippen LogP contribution in [0.15, 0.2) is 72.9 Å². The van der Waals surface area contributed by atoms with Crippen molar-refractivity contribution in [1.82, 2.24) is 19.8 Å². The van der Waals surface area contributed by atoms with Crippen molar-refractivity contribution in [1.29, 1.82) is 5.26 Å². The maximum absolute atomic E-state index is 13.9. The molecule has 2 aromatic carbocycles. The zero-order chi connectivity index (χ0) is 29.6. The molecule has 2 saturated heterocycles. The Morgan fingerprint density at radius 1 is 0.976 bits per heavy atom. The van der Waals surface area contributed by atoms with Gasteiger partial charge in [0, 0.05) is 42.2 Å². The Morgan fingerprint density at radius 3 is 2.29 bits per heavy atom. The fraction of sp³-hybridized carbons (Fsp3) is 0.324. The molecular formula is C34H33N5O3. The summed E-state index contributed by atoms with van der Waals surface area (Å²) < 4.78 is 0. The minimum atomic E-state index is -0.476. The third-order valence-corrected chi connectivity index (χ3v) is 8.68. The second kappa shape index (κ2) is 10.6. The Hall–Kier alpha value is -4.77. The summed E-state index contributed by atoms with van der Waals surface area (Å²) in [6.07, 6.45) is 2.53. The smallest absolute Gasteiger partial charge is 0.272 e. The molecule has 3 atom stereocenters. The molecule has 0 saturated carbocycles. The summed E-state index contributed by atoms with van der Waals surface area (Å²) in [5.74, 6) is -0.702. The monoisotopic (exact) mass is 559 g/mol. The zero-order valence-corrected chi connectivity index (χ0v) is 24.0. The van der Waals surface area contributed by atoms with Gasteiger partial charge < -0.3 is 14.8 Å². The SMILES string of the molecule is CC(C)(C)[C@H](CC(=O)c1cc2ccccc2[nH]1)C(=O)N1C[C@@H]2C[C@H]1CN2C(=O)c1ccc(-c2ccc(C#N)cc2)cn1. The number of pyridine rings is 1. The Balaban J connectivity index is 1.12. The number of carbonyl (C=O) groups is 3. The van der Waals surface area contributed by atoms with E-state index in [4.69, 9.17) is 5.26 Å². The first kappa shape index (κ1) is 27.4. The van der Waals surface area contributed by atoms with Gasteiger partial charge in [-0.05, 0) is 47.7 Å². The second-order valence-electron chi connectivity index (χ2n) is 12.4. The molecule has 2 amide bonds. The number of hydrogen-bond donors (Lipinski definition) is 1. The number of nitriles is 1. The van der Waals surface area contributed by atoms with E-state index in [0.717, 1.165) is 28.5 Å². The van der Waals surface area contributed by atoms with Gasteiger partial charge in [0.2, 0.25) is 5.91 Å². The molecule has 0 unspecified atom stereocenters. The molecule has 1 N–H and O–H groups in total. The molecule has 2 fully saturated rings. The number of H-pyrrole nitrogens is 1. The molecule has 8 nitrogen and oxygen atoms in total. The number of aromatic amines is 1. The molecule has 0 spiro atoms. The lowest BCUT2D eigenvalue weighted by atomic mass is 9.76. The average Bonchev–Trinajstić information content (AvgIpc) is 3.73. The average molecular weight is 560 g/mol. The van der Waals surface area contributed by atoms with Crippen LogP contribution in [0.25, 0.3) is 22.0 Å². The molecule has 0 aliphatic carbocycles. The molecule has 2 bridgehead atoms. The quantitative estimate of drug-likeness (QED) is 0.315. The summed E-state index contributed by atoms with van der Waals surface area (Å²) in [5.41, 5.74) is 3.77. The fourth-order valence-electron chi connectivity index (χ4n) is 6.24. The summed E-state index contributed by atoms with van der Waals surface area (Å²) >= 11 is 0. The van der Waals surface area contributed by atoms with E-state index in [2.05, 4.69) is 16.0 Å². The van der Waals surface area contributed by atoms with Gasteiger partial charge in [0.1, 0.15) is 5.69 Å². The van der Waals surface area contributed by atoms with Gasteiger partial charge >= 0.3 is 0 Å². The number of benzene rings is 2. The molecule has 2 aromatic heterocycles. The molecule has 2 aliphatic rings. The number of likely N-dealkylation sites (tertiary alicyclic amines) is 2. The number of carbonyl (C=O) groups excluding carboxylic acids is 3. The Kier molecular flexibility index (Phi) is 6.90. The number of amides is 2. The number of nitrogens with zero attached hydrogens (tertiary/aromatic N) is 4. The van der Waals surface area contributed by atoms with Crippen molar-refractivity contribution < 1.29 is 14.4 Å². The third kappa shape index (κ3) is 5.07. The van der Waals surface area contributed by atoms with Crippen molar-refractivity contribution in [3.8, 4) is 17.2 Å². The number of nitrogens with one attached hydrogen (secondary N) is 1. The predicted molar refractivity (Wildman–Crippen MR) is 160 cm³/mol. The van der Waals surface area contributed by atoms with Crippen LogP contribution in [0.5, 0.6) is 0 Å². The van der Waals surface area contributed by atoms with Crippen LogP contribution in [-0.4, -0.2) is 62.5 Å². The molecule has 4 heterocycles. The number of ketones is 1. The number of aromatic nitrogens is 2. The molecular weight excluding hydrogens is 526 g/mol. The van der Waals surface area contributed by atoms with Gasteiger partial charge in [-0.1, -0.05) is 57.2 Å². The lowest BCUT2D eigenvalue weighted by Crippen LogP contribution is -2.53.